The van der Waals surface area contributed by atoms with Crippen molar-refractivity contribution >= 4 is 16.9 Å². The van der Waals surface area contributed by atoms with Crippen LogP contribution in [-0.4, -0.2) is 34.1 Å². The highest BCUT2D eigenvalue weighted by Crippen LogP contribution is 2.26. The molecule has 3 N–H and O–H groups in total. The van der Waals surface area contributed by atoms with E-state index in [1.165, 1.54) is 0 Å². The molecule has 0 spiro atoms. The number of pyridine rings is 1. The molecule has 2 aromatic heterocycles. The molecule has 0 amide bonds. The van der Waals surface area contributed by atoms with E-state index in [9.17, 15) is 0 Å². The Morgan fingerprint density at radius 3 is 2.65 bits per heavy atom. The minimum atomic E-state index is 0.326. The van der Waals surface area contributed by atoms with Crippen molar-refractivity contribution in [2.75, 3.05) is 18.0 Å². The molecule has 4 rings (SSSR count). The van der Waals surface area contributed by atoms with E-state index in [4.69, 9.17) is 10.7 Å². The molecular formula is C18H21N5. The molecule has 0 bridgehead atoms. The second-order valence-corrected chi connectivity index (χ2v) is 6.26. The predicted molar refractivity (Wildman–Crippen MR) is 93.5 cm³/mol. The lowest BCUT2D eigenvalue weighted by atomic mass is 10.1. The molecule has 1 aliphatic heterocycles. The SMILES string of the molecule is Cc1ccc(N2CCC(N)CC2)nc1-c1nc2ccccc2[nH]1. The van der Waals surface area contributed by atoms with Gasteiger partial charge < -0.3 is 15.6 Å². The molecule has 5 heteroatoms. The fourth-order valence-electron chi connectivity index (χ4n) is 3.13. The topological polar surface area (TPSA) is 70.8 Å². The molecule has 118 valence electrons. The Hall–Kier alpha value is -2.40. The smallest absolute Gasteiger partial charge is 0.157 e. The number of hydrogen-bond donors (Lipinski definition) is 2. The first-order valence-corrected chi connectivity index (χ1v) is 8.14. The molecule has 1 aliphatic rings. The van der Waals surface area contributed by atoms with Crippen molar-refractivity contribution in [2.45, 2.75) is 25.8 Å². The van der Waals surface area contributed by atoms with Crippen molar-refractivity contribution in [1.82, 2.24) is 15.0 Å². The van der Waals surface area contributed by atoms with Gasteiger partial charge in [0.15, 0.2) is 5.82 Å². The number of piperidine rings is 1. The summed E-state index contributed by atoms with van der Waals surface area (Å²) in [5.41, 5.74) is 10.1. The van der Waals surface area contributed by atoms with Crippen LogP contribution in [0.1, 0.15) is 18.4 Å². The first-order valence-electron chi connectivity index (χ1n) is 8.14. The highest BCUT2D eigenvalue weighted by Gasteiger charge is 2.19. The zero-order valence-electron chi connectivity index (χ0n) is 13.3. The largest absolute Gasteiger partial charge is 0.356 e. The third-order valence-corrected chi connectivity index (χ3v) is 4.56. The number of anilines is 1. The number of hydrogen-bond acceptors (Lipinski definition) is 4. The summed E-state index contributed by atoms with van der Waals surface area (Å²) in [6.45, 7) is 4.01. The van der Waals surface area contributed by atoms with Gasteiger partial charge in [-0.15, -0.1) is 0 Å². The van der Waals surface area contributed by atoms with Crippen LogP contribution < -0.4 is 10.6 Å². The van der Waals surface area contributed by atoms with Gasteiger partial charge in [-0.2, -0.15) is 0 Å². The van der Waals surface area contributed by atoms with Gasteiger partial charge in [-0.25, -0.2) is 9.97 Å². The lowest BCUT2D eigenvalue weighted by Gasteiger charge is -2.31. The summed E-state index contributed by atoms with van der Waals surface area (Å²) in [7, 11) is 0. The fraction of sp³-hybridized carbons (Fsp3) is 0.333. The number of imidazole rings is 1. The standard InChI is InChI=1S/C18H21N5/c1-12-6-7-16(23-10-8-13(19)9-11-23)22-17(12)18-20-14-4-2-3-5-15(14)21-18/h2-7,13H,8-11,19H2,1H3,(H,20,21). The van der Waals surface area contributed by atoms with Crippen LogP contribution in [0.15, 0.2) is 36.4 Å². The third kappa shape index (κ3) is 2.68. The van der Waals surface area contributed by atoms with Gasteiger partial charge in [0.1, 0.15) is 11.5 Å². The molecule has 0 unspecified atom stereocenters. The van der Waals surface area contributed by atoms with Crippen molar-refractivity contribution < 1.29 is 0 Å². The molecule has 1 aromatic carbocycles. The van der Waals surface area contributed by atoms with E-state index < -0.39 is 0 Å². The second kappa shape index (κ2) is 5.66. The van der Waals surface area contributed by atoms with Crippen LogP contribution in [-0.2, 0) is 0 Å². The number of H-pyrrole nitrogens is 1. The number of rotatable bonds is 2. The number of benzene rings is 1. The van der Waals surface area contributed by atoms with Crippen LogP contribution in [0, 0.1) is 6.92 Å². The van der Waals surface area contributed by atoms with Gasteiger partial charge in [-0.3, -0.25) is 0 Å². The van der Waals surface area contributed by atoms with Gasteiger partial charge in [-0.05, 0) is 43.5 Å². The molecule has 0 aliphatic carbocycles. The van der Waals surface area contributed by atoms with Gasteiger partial charge >= 0.3 is 0 Å². The summed E-state index contributed by atoms with van der Waals surface area (Å²) < 4.78 is 0. The molecule has 0 radical (unpaired) electrons. The Bertz CT molecular complexity index is 797. The fourth-order valence-corrected chi connectivity index (χ4v) is 3.13. The monoisotopic (exact) mass is 307 g/mol. The number of aromatic nitrogens is 3. The Labute approximate surface area is 135 Å². The maximum Gasteiger partial charge on any atom is 0.157 e. The summed E-state index contributed by atoms with van der Waals surface area (Å²) in [5.74, 6) is 1.84. The van der Waals surface area contributed by atoms with Gasteiger partial charge in [0.2, 0.25) is 0 Å². The Morgan fingerprint density at radius 2 is 1.87 bits per heavy atom. The highest BCUT2D eigenvalue weighted by atomic mass is 15.2. The molecule has 3 heterocycles. The minimum absolute atomic E-state index is 0.326. The van der Waals surface area contributed by atoms with E-state index in [1.54, 1.807) is 0 Å². The van der Waals surface area contributed by atoms with Gasteiger partial charge in [-0.1, -0.05) is 18.2 Å². The van der Waals surface area contributed by atoms with Crippen LogP contribution in [0.25, 0.3) is 22.6 Å². The molecule has 23 heavy (non-hydrogen) atoms. The van der Waals surface area contributed by atoms with E-state index in [0.717, 1.165) is 59.9 Å². The summed E-state index contributed by atoms with van der Waals surface area (Å²) in [5, 5.41) is 0. The molecule has 3 aromatic rings. The van der Waals surface area contributed by atoms with Crippen LogP contribution in [0.5, 0.6) is 0 Å². The van der Waals surface area contributed by atoms with Crippen LogP contribution in [0.4, 0.5) is 5.82 Å². The Balaban J connectivity index is 1.71. The molecule has 1 saturated heterocycles. The van der Waals surface area contributed by atoms with Crippen molar-refractivity contribution in [1.29, 1.82) is 0 Å². The summed E-state index contributed by atoms with van der Waals surface area (Å²) >= 11 is 0. The van der Waals surface area contributed by atoms with Gasteiger partial charge in [0.25, 0.3) is 0 Å². The first-order chi connectivity index (χ1) is 11.2. The van der Waals surface area contributed by atoms with E-state index in [1.807, 2.05) is 24.3 Å². The predicted octanol–water partition coefficient (Wildman–Crippen LogP) is 2.86. The quantitative estimate of drug-likeness (QED) is 0.763. The van der Waals surface area contributed by atoms with Crippen LogP contribution >= 0.6 is 0 Å². The number of nitrogens with one attached hydrogen (secondary N) is 1. The van der Waals surface area contributed by atoms with E-state index in [0.29, 0.717) is 6.04 Å². The molecular weight excluding hydrogens is 286 g/mol. The minimum Gasteiger partial charge on any atom is -0.356 e. The van der Waals surface area contributed by atoms with E-state index >= 15 is 0 Å². The van der Waals surface area contributed by atoms with Crippen LogP contribution in [0.2, 0.25) is 0 Å². The van der Waals surface area contributed by atoms with Crippen molar-refractivity contribution in [3.63, 3.8) is 0 Å². The Kier molecular flexibility index (Phi) is 3.50. The first kappa shape index (κ1) is 14.2. The molecule has 0 saturated carbocycles. The van der Waals surface area contributed by atoms with Crippen molar-refractivity contribution in [3.05, 3.63) is 42.0 Å². The second-order valence-electron chi connectivity index (χ2n) is 6.26. The molecule has 1 fully saturated rings. The van der Waals surface area contributed by atoms with Crippen molar-refractivity contribution in [3.8, 4) is 11.5 Å². The summed E-state index contributed by atoms with van der Waals surface area (Å²) in [6.07, 6.45) is 2.05. The Morgan fingerprint density at radius 1 is 1.09 bits per heavy atom. The van der Waals surface area contributed by atoms with Crippen molar-refractivity contribution in [2.24, 2.45) is 5.73 Å². The van der Waals surface area contributed by atoms with E-state index in [-0.39, 0.29) is 0 Å². The zero-order chi connectivity index (χ0) is 15.8. The van der Waals surface area contributed by atoms with Gasteiger partial charge in [0.05, 0.1) is 11.0 Å². The molecule has 0 atom stereocenters. The summed E-state index contributed by atoms with van der Waals surface area (Å²) in [4.78, 5) is 15.3. The van der Waals surface area contributed by atoms with E-state index in [2.05, 4.69) is 33.9 Å². The number of fused-ring (bicyclic) bond motifs is 1. The lowest BCUT2D eigenvalue weighted by Crippen LogP contribution is -2.40. The number of nitrogens with two attached hydrogens (primary N) is 1. The normalized spacial score (nSPS) is 16.2. The van der Waals surface area contributed by atoms with Gasteiger partial charge in [0, 0.05) is 19.1 Å². The number of nitrogens with zero attached hydrogens (tertiary/aromatic N) is 3. The maximum absolute atomic E-state index is 6.00. The number of para-hydroxylation sites is 2. The zero-order valence-corrected chi connectivity index (χ0v) is 13.3. The number of aryl methyl sites for hydroxylation is 1. The third-order valence-electron chi connectivity index (χ3n) is 4.56. The average molecular weight is 307 g/mol. The average Bonchev–Trinajstić information content (AvgIpc) is 3.00. The van der Waals surface area contributed by atoms with Crippen LogP contribution in [0.3, 0.4) is 0 Å². The molecule has 5 nitrogen and oxygen atoms in total. The number of aromatic amines is 1. The maximum atomic E-state index is 6.00. The summed E-state index contributed by atoms with van der Waals surface area (Å²) in [6, 6.07) is 12.6. The highest BCUT2D eigenvalue weighted by molar-refractivity contribution is 5.79. The lowest BCUT2D eigenvalue weighted by molar-refractivity contribution is 0.499.